The second-order valence-corrected chi connectivity index (χ2v) is 6.90. The zero-order valence-electron chi connectivity index (χ0n) is 15.3. The van der Waals surface area contributed by atoms with Crippen LogP contribution < -0.4 is 5.32 Å². The molecule has 1 N–H and O–H groups in total. The predicted molar refractivity (Wildman–Crippen MR) is 109 cm³/mol. The Kier molecular flexibility index (Phi) is 6.71. The summed E-state index contributed by atoms with van der Waals surface area (Å²) >= 11 is 11.8. The molecule has 0 unspecified atom stereocenters. The first-order valence-electron chi connectivity index (χ1n) is 8.56. The molecule has 30 heavy (non-hydrogen) atoms. The van der Waals surface area contributed by atoms with E-state index in [4.69, 9.17) is 32.4 Å². The number of carbonyl (C=O) groups excluding carboxylic acids is 2. The Morgan fingerprint density at radius 2 is 1.80 bits per heavy atom. The average molecular weight is 449 g/mol. The summed E-state index contributed by atoms with van der Waals surface area (Å²) in [6.45, 7) is -0.352. The SMILES string of the molecule is O=C(COC(=O)c1ccc(-c2ccc([N+](=O)[O-])cc2)o1)NCc1ccc(Cl)cc1Cl. The first kappa shape index (κ1) is 21.4. The van der Waals surface area contributed by atoms with Gasteiger partial charge in [-0.25, -0.2) is 4.79 Å². The van der Waals surface area contributed by atoms with Crippen molar-refractivity contribution in [2.24, 2.45) is 0 Å². The van der Waals surface area contributed by atoms with Gasteiger partial charge in [0, 0.05) is 34.3 Å². The van der Waals surface area contributed by atoms with E-state index in [9.17, 15) is 19.7 Å². The van der Waals surface area contributed by atoms with E-state index in [0.29, 0.717) is 26.9 Å². The van der Waals surface area contributed by atoms with Gasteiger partial charge in [-0.2, -0.15) is 0 Å². The van der Waals surface area contributed by atoms with Crippen LogP contribution in [0, 0.1) is 10.1 Å². The fraction of sp³-hybridized carbons (Fsp3) is 0.100. The molecule has 0 saturated carbocycles. The van der Waals surface area contributed by atoms with Crippen LogP contribution in [-0.4, -0.2) is 23.4 Å². The first-order chi connectivity index (χ1) is 14.3. The number of halogens is 2. The number of esters is 1. The quantitative estimate of drug-likeness (QED) is 0.320. The maximum absolute atomic E-state index is 12.1. The number of hydrogen-bond acceptors (Lipinski definition) is 6. The largest absolute Gasteiger partial charge is 0.450 e. The molecule has 8 nitrogen and oxygen atoms in total. The molecule has 0 aliphatic carbocycles. The molecule has 1 amide bonds. The predicted octanol–water partition coefficient (Wildman–Crippen LogP) is 4.63. The molecule has 3 aromatic rings. The number of nitrogens with one attached hydrogen (secondary N) is 1. The minimum absolute atomic E-state index is 0.0594. The molecule has 0 saturated heterocycles. The van der Waals surface area contributed by atoms with E-state index in [-0.39, 0.29) is 18.0 Å². The van der Waals surface area contributed by atoms with E-state index in [1.807, 2.05) is 0 Å². The van der Waals surface area contributed by atoms with Crippen LogP contribution in [0.3, 0.4) is 0 Å². The lowest BCUT2D eigenvalue weighted by Crippen LogP contribution is -2.28. The van der Waals surface area contributed by atoms with Crippen LogP contribution in [0.1, 0.15) is 16.1 Å². The van der Waals surface area contributed by atoms with Gasteiger partial charge < -0.3 is 14.5 Å². The van der Waals surface area contributed by atoms with Gasteiger partial charge in [-0.05, 0) is 42.0 Å². The van der Waals surface area contributed by atoms with E-state index in [1.54, 1.807) is 18.2 Å². The number of rotatable bonds is 7. The topological polar surface area (TPSA) is 112 Å². The van der Waals surface area contributed by atoms with Crippen molar-refractivity contribution in [2.45, 2.75) is 6.54 Å². The van der Waals surface area contributed by atoms with Gasteiger partial charge in [-0.15, -0.1) is 0 Å². The first-order valence-corrected chi connectivity index (χ1v) is 9.31. The monoisotopic (exact) mass is 448 g/mol. The zero-order chi connectivity index (χ0) is 21.7. The van der Waals surface area contributed by atoms with Crippen molar-refractivity contribution in [2.75, 3.05) is 6.61 Å². The lowest BCUT2D eigenvalue weighted by atomic mass is 10.1. The third-order valence-electron chi connectivity index (χ3n) is 4.00. The molecule has 2 aromatic carbocycles. The summed E-state index contributed by atoms with van der Waals surface area (Å²) in [4.78, 5) is 34.2. The van der Waals surface area contributed by atoms with Crippen molar-refractivity contribution in [3.8, 4) is 11.3 Å². The number of amides is 1. The number of non-ortho nitro benzene ring substituents is 1. The van der Waals surface area contributed by atoms with E-state index in [2.05, 4.69) is 5.32 Å². The van der Waals surface area contributed by atoms with Crippen LogP contribution >= 0.6 is 23.2 Å². The third kappa shape index (κ3) is 5.37. The van der Waals surface area contributed by atoms with Crippen LogP contribution in [0.25, 0.3) is 11.3 Å². The summed E-state index contributed by atoms with van der Waals surface area (Å²) in [6, 6.07) is 13.5. The van der Waals surface area contributed by atoms with Gasteiger partial charge in [-0.1, -0.05) is 29.3 Å². The lowest BCUT2D eigenvalue weighted by molar-refractivity contribution is -0.384. The fourth-order valence-corrected chi connectivity index (χ4v) is 2.94. The summed E-state index contributed by atoms with van der Waals surface area (Å²) in [5, 5.41) is 14.2. The Balaban J connectivity index is 1.52. The fourth-order valence-electron chi connectivity index (χ4n) is 2.46. The van der Waals surface area contributed by atoms with Crippen molar-refractivity contribution < 1.29 is 23.7 Å². The Morgan fingerprint density at radius 1 is 1.07 bits per heavy atom. The second kappa shape index (κ2) is 9.43. The Hall–Kier alpha value is -3.36. The lowest BCUT2D eigenvalue weighted by Gasteiger charge is -2.07. The second-order valence-electron chi connectivity index (χ2n) is 6.06. The molecular formula is C20H14Cl2N2O6. The highest BCUT2D eigenvalue weighted by molar-refractivity contribution is 6.35. The van der Waals surface area contributed by atoms with Crippen LogP contribution in [0.15, 0.2) is 59.0 Å². The van der Waals surface area contributed by atoms with Crippen LogP contribution in [0.2, 0.25) is 10.0 Å². The van der Waals surface area contributed by atoms with Gasteiger partial charge in [-0.3, -0.25) is 14.9 Å². The van der Waals surface area contributed by atoms with E-state index >= 15 is 0 Å². The summed E-state index contributed by atoms with van der Waals surface area (Å²) in [5.74, 6) is -1.10. The summed E-state index contributed by atoms with van der Waals surface area (Å²) in [7, 11) is 0. The molecule has 0 aliphatic rings. The smallest absolute Gasteiger partial charge is 0.374 e. The van der Waals surface area contributed by atoms with Gasteiger partial charge in [0.1, 0.15) is 5.76 Å². The van der Waals surface area contributed by atoms with Gasteiger partial charge in [0.25, 0.3) is 11.6 Å². The van der Waals surface area contributed by atoms with Gasteiger partial charge >= 0.3 is 5.97 Å². The van der Waals surface area contributed by atoms with E-state index in [1.165, 1.54) is 36.4 Å². The van der Waals surface area contributed by atoms with Crippen LogP contribution in [0.5, 0.6) is 0 Å². The molecule has 154 valence electrons. The maximum atomic E-state index is 12.1. The highest BCUT2D eigenvalue weighted by Gasteiger charge is 2.16. The molecular weight excluding hydrogens is 435 g/mol. The van der Waals surface area contributed by atoms with E-state index in [0.717, 1.165) is 0 Å². The molecule has 1 aromatic heterocycles. The number of nitrogens with zero attached hydrogens (tertiary/aromatic N) is 1. The standard InChI is InChI=1S/C20H14Cl2N2O6/c21-14-4-1-13(16(22)9-14)10-23-19(25)11-29-20(26)18-8-7-17(30-18)12-2-5-15(6-3-12)24(27)28/h1-9H,10-11H2,(H,23,25). The number of nitro benzene ring substituents is 1. The number of ether oxygens (including phenoxy) is 1. The summed E-state index contributed by atoms with van der Waals surface area (Å²) in [6.07, 6.45) is 0. The van der Waals surface area contributed by atoms with Gasteiger partial charge in [0.2, 0.25) is 5.76 Å². The number of nitro groups is 1. The summed E-state index contributed by atoms with van der Waals surface area (Å²) < 4.78 is 10.4. The molecule has 0 spiro atoms. The van der Waals surface area contributed by atoms with Crippen molar-refractivity contribution in [1.29, 1.82) is 0 Å². The molecule has 3 rings (SSSR count). The molecule has 0 atom stereocenters. The molecule has 1 heterocycles. The number of carbonyl (C=O) groups is 2. The molecule has 0 fully saturated rings. The Labute approximate surface area is 180 Å². The molecule has 0 aliphatic heterocycles. The van der Waals surface area contributed by atoms with Gasteiger partial charge in [0.15, 0.2) is 6.61 Å². The molecule has 0 radical (unpaired) electrons. The zero-order valence-corrected chi connectivity index (χ0v) is 16.8. The number of hydrogen-bond donors (Lipinski definition) is 1. The molecule has 10 heteroatoms. The minimum Gasteiger partial charge on any atom is -0.450 e. The van der Waals surface area contributed by atoms with Crippen LogP contribution in [0.4, 0.5) is 5.69 Å². The molecule has 0 bridgehead atoms. The normalized spacial score (nSPS) is 10.5. The van der Waals surface area contributed by atoms with Crippen molar-refractivity contribution in [1.82, 2.24) is 5.32 Å². The average Bonchev–Trinajstić information content (AvgIpc) is 3.22. The van der Waals surface area contributed by atoms with Crippen molar-refractivity contribution >= 4 is 40.8 Å². The minimum atomic E-state index is -0.817. The highest BCUT2D eigenvalue weighted by Crippen LogP contribution is 2.25. The summed E-state index contributed by atoms with van der Waals surface area (Å²) in [5.41, 5.74) is 1.16. The third-order valence-corrected chi connectivity index (χ3v) is 4.58. The van der Waals surface area contributed by atoms with Crippen LogP contribution in [-0.2, 0) is 16.1 Å². The Morgan fingerprint density at radius 3 is 2.47 bits per heavy atom. The highest BCUT2D eigenvalue weighted by atomic mass is 35.5. The number of furan rings is 1. The van der Waals surface area contributed by atoms with Gasteiger partial charge in [0.05, 0.1) is 4.92 Å². The van der Waals surface area contributed by atoms with Crippen molar-refractivity contribution in [3.05, 3.63) is 86.1 Å². The number of benzene rings is 2. The van der Waals surface area contributed by atoms with Crippen molar-refractivity contribution in [3.63, 3.8) is 0 Å². The Bertz CT molecular complexity index is 1090. The maximum Gasteiger partial charge on any atom is 0.374 e. The van der Waals surface area contributed by atoms with E-state index < -0.39 is 23.4 Å².